The third-order valence-electron chi connectivity index (χ3n) is 2.29. The van der Waals surface area contributed by atoms with Gasteiger partial charge in [0, 0.05) is 11.1 Å². The number of hydrogen-bond donors (Lipinski definition) is 3. The summed E-state index contributed by atoms with van der Waals surface area (Å²) in [4.78, 5) is 27.1. The molecule has 2 rings (SSSR count). The molecule has 0 aliphatic carbocycles. The smallest absolute Gasteiger partial charge is 0.271 e. The predicted molar refractivity (Wildman–Crippen MR) is 74.0 cm³/mol. The molecule has 0 bridgehead atoms. The van der Waals surface area contributed by atoms with Gasteiger partial charge in [0.15, 0.2) is 0 Å². The molecular formula is C11H9N3O2S2. The van der Waals surface area contributed by atoms with E-state index in [1.165, 1.54) is 17.1 Å². The first kappa shape index (κ1) is 12.7. The Morgan fingerprint density at radius 1 is 1.28 bits per heavy atom. The fraction of sp³-hybridized carbons (Fsp3) is 0. The van der Waals surface area contributed by atoms with Crippen molar-refractivity contribution in [3.8, 4) is 5.69 Å². The van der Waals surface area contributed by atoms with Crippen LogP contribution < -0.4 is 10.9 Å². The number of carbonyl (C=O) groups excluding carboxylic acids is 1. The predicted octanol–water partition coefficient (Wildman–Crippen LogP) is 1.38. The molecule has 0 atom stereocenters. The minimum Gasteiger partial charge on any atom is -0.328 e. The summed E-state index contributed by atoms with van der Waals surface area (Å²) < 4.78 is 1.34. The van der Waals surface area contributed by atoms with E-state index in [9.17, 15) is 9.59 Å². The number of benzene rings is 1. The van der Waals surface area contributed by atoms with E-state index in [2.05, 4.69) is 35.6 Å². The zero-order valence-electron chi connectivity index (χ0n) is 9.07. The highest BCUT2D eigenvalue weighted by atomic mass is 32.1. The van der Waals surface area contributed by atoms with Crippen LogP contribution in [0.3, 0.4) is 0 Å². The summed E-state index contributed by atoms with van der Waals surface area (Å²) in [6, 6.07) is 5.02. The van der Waals surface area contributed by atoms with Gasteiger partial charge in [-0.2, -0.15) is 0 Å². The van der Waals surface area contributed by atoms with E-state index in [4.69, 9.17) is 0 Å². The molecule has 1 amide bonds. The second-order valence-electron chi connectivity index (χ2n) is 3.42. The van der Waals surface area contributed by atoms with E-state index in [0.717, 1.165) is 0 Å². The maximum Gasteiger partial charge on any atom is 0.271 e. The number of carbonyl (C=O) groups is 1. The molecule has 0 spiro atoms. The van der Waals surface area contributed by atoms with Crippen molar-refractivity contribution in [1.29, 1.82) is 0 Å². The lowest BCUT2D eigenvalue weighted by atomic mass is 10.2. The summed E-state index contributed by atoms with van der Waals surface area (Å²) in [5.41, 5.74) is 0.810. The van der Waals surface area contributed by atoms with Crippen molar-refractivity contribution < 1.29 is 4.79 Å². The third kappa shape index (κ3) is 2.41. The Labute approximate surface area is 114 Å². The molecule has 1 heterocycles. The minimum atomic E-state index is -0.280. The van der Waals surface area contributed by atoms with Crippen LogP contribution in [-0.2, 0) is 4.79 Å². The quantitative estimate of drug-likeness (QED) is 0.587. The summed E-state index contributed by atoms with van der Waals surface area (Å²) in [6.07, 6.45) is 3.31. The number of nitrogens with zero attached hydrogens (tertiary/aromatic N) is 2. The molecule has 1 aromatic heterocycles. The molecule has 18 heavy (non-hydrogen) atoms. The largest absolute Gasteiger partial charge is 0.328 e. The molecule has 0 radical (unpaired) electrons. The van der Waals surface area contributed by atoms with Crippen LogP contribution in [0.15, 0.2) is 45.3 Å². The van der Waals surface area contributed by atoms with E-state index in [1.54, 1.807) is 18.2 Å². The second kappa shape index (κ2) is 5.28. The van der Waals surface area contributed by atoms with Crippen LogP contribution in [0, 0.1) is 0 Å². The standard InChI is InChI=1S/C11H9N3O2S2/c15-6-13-8-3-7(1-2-9(8)17)14-5-12-4-10(18)11(14)16/h1-6,17-18H,(H,13,15). The van der Waals surface area contributed by atoms with Crippen molar-refractivity contribution in [3.63, 3.8) is 0 Å². The first-order valence-corrected chi connectivity index (χ1v) is 5.82. The Morgan fingerprint density at radius 3 is 2.78 bits per heavy atom. The fourth-order valence-electron chi connectivity index (χ4n) is 1.44. The number of aromatic nitrogens is 2. The molecule has 0 saturated carbocycles. The van der Waals surface area contributed by atoms with Gasteiger partial charge in [-0.05, 0) is 18.2 Å². The van der Waals surface area contributed by atoms with Gasteiger partial charge in [-0.25, -0.2) is 4.98 Å². The van der Waals surface area contributed by atoms with Crippen LogP contribution >= 0.6 is 25.3 Å². The minimum absolute atomic E-state index is 0.248. The van der Waals surface area contributed by atoms with Crippen LogP contribution in [0.5, 0.6) is 0 Å². The number of amides is 1. The SMILES string of the molecule is O=CNc1cc(-n2cncc(S)c2=O)ccc1S. The summed E-state index contributed by atoms with van der Waals surface area (Å²) in [5.74, 6) is 0. The van der Waals surface area contributed by atoms with Crippen LogP contribution in [0.4, 0.5) is 5.69 Å². The van der Waals surface area contributed by atoms with Crippen LogP contribution in [0.2, 0.25) is 0 Å². The molecule has 1 aromatic carbocycles. The van der Waals surface area contributed by atoms with Crippen LogP contribution in [-0.4, -0.2) is 16.0 Å². The molecule has 0 fully saturated rings. The zero-order valence-corrected chi connectivity index (χ0v) is 10.9. The Hall–Kier alpha value is -1.73. The molecule has 5 nitrogen and oxygen atoms in total. The van der Waals surface area contributed by atoms with Crippen molar-refractivity contribution in [3.05, 3.63) is 41.1 Å². The van der Waals surface area contributed by atoms with E-state index < -0.39 is 0 Å². The first-order valence-electron chi connectivity index (χ1n) is 4.92. The van der Waals surface area contributed by atoms with Crippen molar-refractivity contribution >= 4 is 37.4 Å². The van der Waals surface area contributed by atoms with Crippen LogP contribution in [0.1, 0.15) is 0 Å². The van der Waals surface area contributed by atoms with Crippen molar-refractivity contribution in [1.82, 2.24) is 9.55 Å². The van der Waals surface area contributed by atoms with E-state index in [1.807, 2.05) is 0 Å². The lowest BCUT2D eigenvalue weighted by Gasteiger charge is -2.09. The third-order valence-corrected chi connectivity index (χ3v) is 2.99. The highest BCUT2D eigenvalue weighted by Crippen LogP contribution is 2.22. The van der Waals surface area contributed by atoms with Gasteiger partial charge in [-0.15, -0.1) is 25.3 Å². The number of rotatable bonds is 3. The summed E-state index contributed by atoms with van der Waals surface area (Å²) in [6.45, 7) is 0. The highest BCUT2D eigenvalue weighted by Gasteiger charge is 2.05. The first-order chi connectivity index (χ1) is 8.63. The number of nitrogens with one attached hydrogen (secondary N) is 1. The van der Waals surface area contributed by atoms with Crippen LogP contribution in [0.25, 0.3) is 5.69 Å². The fourth-order valence-corrected chi connectivity index (χ4v) is 1.82. The van der Waals surface area contributed by atoms with Crippen molar-refractivity contribution in [2.45, 2.75) is 9.79 Å². The van der Waals surface area contributed by atoms with Gasteiger partial charge in [0.1, 0.15) is 6.33 Å². The molecule has 0 aliphatic heterocycles. The van der Waals surface area contributed by atoms with Gasteiger partial charge in [-0.3, -0.25) is 14.2 Å². The lowest BCUT2D eigenvalue weighted by molar-refractivity contribution is -0.105. The van der Waals surface area contributed by atoms with Gasteiger partial charge < -0.3 is 5.32 Å². The molecule has 2 aromatic rings. The second-order valence-corrected chi connectivity index (χ2v) is 4.38. The monoisotopic (exact) mass is 279 g/mol. The molecule has 0 aliphatic rings. The Kier molecular flexibility index (Phi) is 3.73. The topological polar surface area (TPSA) is 64.0 Å². The Bertz CT molecular complexity index is 655. The summed E-state index contributed by atoms with van der Waals surface area (Å²) in [7, 11) is 0. The normalized spacial score (nSPS) is 10.1. The van der Waals surface area contributed by atoms with Crippen molar-refractivity contribution in [2.24, 2.45) is 0 Å². The Morgan fingerprint density at radius 2 is 2.06 bits per heavy atom. The van der Waals surface area contributed by atoms with Gasteiger partial charge in [0.2, 0.25) is 6.41 Å². The van der Waals surface area contributed by atoms with Gasteiger partial charge in [0.05, 0.1) is 16.3 Å². The van der Waals surface area contributed by atoms with Crippen molar-refractivity contribution in [2.75, 3.05) is 5.32 Å². The number of anilines is 1. The maximum absolute atomic E-state index is 11.9. The summed E-state index contributed by atoms with van der Waals surface area (Å²) in [5, 5.41) is 2.51. The molecule has 0 saturated heterocycles. The zero-order chi connectivity index (χ0) is 13.1. The molecule has 92 valence electrons. The molecule has 0 unspecified atom stereocenters. The van der Waals surface area contributed by atoms with Gasteiger partial charge in [-0.1, -0.05) is 0 Å². The molecule has 7 heteroatoms. The maximum atomic E-state index is 11.9. The van der Waals surface area contributed by atoms with E-state index >= 15 is 0 Å². The van der Waals surface area contributed by atoms with E-state index in [0.29, 0.717) is 22.7 Å². The Balaban J connectivity index is 2.58. The highest BCUT2D eigenvalue weighted by molar-refractivity contribution is 7.80. The van der Waals surface area contributed by atoms with Gasteiger partial charge >= 0.3 is 0 Å². The number of thiol groups is 2. The average molecular weight is 279 g/mol. The van der Waals surface area contributed by atoms with E-state index in [-0.39, 0.29) is 10.5 Å². The average Bonchev–Trinajstić information content (AvgIpc) is 2.36. The van der Waals surface area contributed by atoms with Gasteiger partial charge in [0.25, 0.3) is 5.56 Å². The molecule has 1 N–H and O–H groups in total. The summed E-state index contributed by atoms with van der Waals surface area (Å²) >= 11 is 8.22. The lowest BCUT2D eigenvalue weighted by Crippen LogP contribution is -2.19. The molecular weight excluding hydrogens is 270 g/mol. The number of hydrogen-bond acceptors (Lipinski definition) is 5.